The van der Waals surface area contributed by atoms with E-state index in [1.165, 1.54) is 34.7 Å². The van der Waals surface area contributed by atoms with E-state index in [-0.39, 0.29) is 6.17 Å². The van der Waals surface area contributed by atoms with E-state index in [0.717, 1.165) is 12.6 Å². The van der Waals surface area contributed by atoms with Crippen molar-refractivity contribution in [2.24, 2.45) is 0 Å². The number of nitrogens with one attached hydrogen (secondary N) is 3. The van der Waals surface area contributed by atoms with Gasteiger partial charge in [-0.3, -0.25) is 10.3 Å². The van der Waals surface area contributed by atoms with Crippen LogP contribution in [0.25, 0.3) is 5.00 Å². The van der Waals surface area contributed by atoms with Crippen LogP contribution in [0.15, 0.2) is 0 Å². The van der Waals surface area contributed by atoms with Crippen LogP contribution in [-0.4, -0.2) is 21.4 Å². The Morgan fingerprint density at radius 1 is 1.38 bits per heavy atom. The highest BCUT2D eigenvalue weighted by molar-refractivity contribution is 7.71. The highest BCUT2D eigenvalue weighted by Gasteiger charge is 2.41. The van der Waals surface area contributed by atoms with Crippen LogP contribution in [0.4, 0.5) is 5.95 Å². The summed E-state index contributed by atoms with van der Waals surface area (Å²) in [5.41, 5.74) is 6.30. The van der Waals surface area contributed by atoms with Gasteiger partial charge in [-0.05, 0) is 43.0 Å². The van der Waals surface area contributed by atoms with E-state index in [1.54, 1.807) is 5.56 Å². The minimum atomic E-state index is 0.165. The summed E-state index contributed by atoms with van der Waals surface area (Å²) in [5, 5.41) is 14.2. The summed E-state index contributed by atoms with van der Waals surface area (Å²) >= 11 is 7.35. The van der Waals surface area contributed by atoms with Gasteiger partial charge < -0.3 is 0 Å². The van der Waals surface area contributed by atoms with Gasteiger partial charge in [0.15, 0.2) is 0 Å². The smallest absolute Gasteiger partial charge is 0.247 e. The summed E-state index contributed by atoms with van der Waals surface area (Å²) in [4.78, 5) is 1.53. The number of anilines is 1. The van der Waals surface area contributed by atoms with Crippen molar-refractivity contribution in [3.8, 4) is 5.00 Å². The molecular formula is C13H16N6S2. The van der Waals surface area contributed by atoms with E-state index < -0.39 is 0 Å². The molecule has 0 aromatic carbocycles. The largest absolute Gasteiger partial charge is 0.278 e. The van der Waals surface area contributed by atoms with Gasteiger partial charge in [0.1, 0.15) is 11.2 Å². The molecule has 21 heavy (non-hydrogen) atoms. The van der Waals surface area contributed by atoms with Crippen molar-refractivity contribution >= 4 is 29.5 Å². The van der Waals surface area contributed by atoms with Crippen molar-refractivity contribution in [1.29, 1.82) is 0 Å². The molecule has 3 aliphatic rings. The number of aromatic nitrogens is 3. The van der Waals surface area contributed by atoms with Gasteiger partial charge in [0.05, 0.1) is 6.67 Å². The molecule has 0 spiro atoms. The van der Waals surface area contributed by atoms with Crippen molar-refractivity contribution in [1.82, 2.24) is 25.5 Å². The van der Waals surface area contributed by atoms with Crippen molar-refractivity contribution in [3.63, 3.8) is 0 Å². The first kappa shape index (κ1) is 12.3. The van der Waals surface area contributed by atoms with Crippen LogP contribution in [0.3, 0.4) is 0 Å². The van der Waals surface area contributed by atoms with Crippen LogP contribution in [-0.2, 0) is 6.42 Å². The Labute approximate surface area is 131 Å². The number of fused-ring (bicyclic) bond motifs is 8. The molecule has 0 saturated carbocycles. The van der Waals surface area contributed by atoms with Crippen molar-refractivity contribution in [2.75, 3.05) is 11.7 Å². The van der Waals surface area contributed by atoms with Crippen LogP contribution in [0.1, 0.15) is 47.9 Å². The van der Waals surface area contributed by atoms with Gasteiger partial charge in [-0.15, -0.1) is 16.4 Å². The number of H-pyrrole nitrogens is 1. The summed E-state index contributed by atoms with van der Waals surface area (Å²) < 4.78 is 2.75. The molecule has 0 radical (unpaired) electrons. The molecule has 2 unspecified atom stereocenters. The Morgan fingerprint density at radius 3 is 3.19 bits per heavy atom. The molecule has 2 aromatic rings. The number of rotatable bonds is 0. The van der Waals surface area contributed by atoms with Gasteiger partial charge in [-0.25, -0.2) is 15.1 Å². The zero-order valence-electron chi connectivity index (χ0n) is 11.6. The van der Waals surface area contributed by atoms with Crippen molar-refractivity contribution in [3.05, 3.63) is 20.8 Å². The third kappa shape index (κ3) is 1.48. The molecule has 8 heteroatoms. The normalized spacial score (nSPS) is 26.2. The molecule has 110 valence electrons. The molecule has 0 amide bonds. The van der Waals surface area contributed by atoms with Crippen LogP contribution in [0.2, 0.25) is 0 Å². The molecule has 2 aromatic heterocycles. The third-order valence-electron chi connectivity index (χ3n) is 4.72. The number of nitrogens with zero attached hydrogens (tertiary/aromatic N) is 3. The maximum absolute atomic E-state index is 5.46. The lowest BCUT2D eigenvalue weighted by Gasteiger charge is -2.31. The van der Waals surface area contributed by atoms with E-state index >= 15 is 0 Å². The highest BCUT2D eigenvalue weighted by atomic mass is 32.1. The number of thiophene rings is 1. The zero-order chi connectivity index (χ0) is 14.1. The summed E-state index contributed by atoms with van der Waals surface area (Å²) in [7, 11) is 0. The zero-order valence-corrected chi connectivity index (χ0v) is 13.3. The topological polar surface area (TPSA) is 60.9 Å². The first-order valence-corrected chi connectivity index (χ1v) is 8.57. The molecule has 1 saturated heterocycles. The van der Waals surface area contributed by atoms with Crippen LogP contribution < -0.4 is 15.8 Å². The minimum absolute atomic E-state index is 0.165. The Kier molecular flexibility index (Phi) is 2.44. The first-order valence-electron chi connectivity index (χ1n) is 7.35. The van der Waals surface area contributed by atoms with E-state index in [2.05, 4.69) is 37.4 Å². The van der Waals surface area contributed by atoms with Gasteiger partial charge in [-0.2, -0.15) is 0 Å². The molecule has 6 nitrogen and oxygen atoms in total. The van der Waals surface area contributed by atoms with E-state index in [1.807, 2.05) is 11.3 Å². The molecule has 2 aliphatic heterocycles. The fraction of sp³-hybridized carbons (Fsp3) is 0.538. The van der Waals surface area contributed by atoms with Crippen LogP contribution >= 0.6 is 23.6 Å². The second kappa shape index (κ2) is 4.16. The molecule has 4 heterocycles. The second-order valence-corrected chi connectivity index (χ2v) is 7.40. The number of hydrogen-bond acceptors (Lipinski definition) is 6. The maximum atomic E-state index is 5.46. The lowest BCUT2D eigenvalue weighted by molar-refractivity contribution is 0.554. The Bertz CT molecular complexity index is 787. The van der Waals surface area contributed by atoms with Gasteiger partial charge in [0.2, 0.25) is 10.7 Å². The Balaban J connectivity index is 1.86. The predicted molar refractivity (Wildman–Crippen MR) is 84.3 cm³/mol. The summed E-state index contributed by atoms with van der Waals surface area (Å²) in [5.74, 6) is 1.48. The minimum Gasteiger partial charge on any atom is -0.278 e. The van der Waals surface area contributed by atoms with Crippen LogP contribution in [0.5, 0.6) is 0 Å². The summed E-state index contributed by atoms with van der Waals surface area (Å²) in [6.07, 6.45) is 3.92. The van der Waals surface area contributed by atoms with Crippen LogP contribution in [0, 0.1) is 4.77 Å². The standard InChI is InChI=1S/C13H16N6S2/c1-6-3-2-4-7-8(6)9-10-14-5-15-19(10)12-16-17-13(20)18(12)11(9)21-7/h6,10,14-15H,2-5H2,1H3,(H,17,20). The molecule has 2 atom stereocenters. The number of aryl methyl sites for hydroxylation is 1. The quantitative estimate of drug-likeness (QED) is 0.650. The SMILES string of the molecule is CC1CCCc2sc3c(c21)C1NCNN1c1n[nH]c(=S)n1-3. The lowest BCUT2D eigenvalue weighted by Crippen LogP contribution is -2.39. The van der Waals surface area contributed by atoms with Gasteiger partial charge >= 0.3 is 0 Å². The third-order valence-corrected chi connectivity index (χ3v) is 6.26. The summed E-state index contributed by atoms with van der Waals surface area (Å²) in [6, 6.07) is 0. The van der Waals surface area contributed by atoms with E-state index in [0.29, 0.717) is 10.7 Å². The summed E-state index contributed by atoms with van der Waals surface area (Å²) in [6.45, 7) is 3.10. The van der Waals surface area contributed by atoms with E-state index in [4.69, 9.17) is 12.2 Å². The lowest BCUT2D eigenvalue weighted by atomic mass is 9.85. The van der Waals surface area contributed by atoms with E-state index in [9.17, 15) is 0 Å². The number of hydrazine groups is 1. The monoisotopic (exact) mass is 320 g/mol. The van der Waals surface area contributed by atoms with Gasteiger partial charge in [-0.1, -0.05) is 6.92 Å². The van der Waals surface area contributed by atoms with Gasteiger partial charge in [0, 0.05) is 10.4 Å². The van der Waals surface area contributed by atoms with Crippen molar-refractivity contribution in [2.45, 2.75) is 38.3 Å². The molecular weight excluding hydrogens is 304 g/mol. The Hall–Kier alpha value is -1.22. The van der Waals surface area contributed by atoms with Gasteiger partial charge in [0.25, 0.3) is 0 Å². The first-order chi connectivity index (χ1) is 10.3. The molecule has 3 N–H and O–H groups in total. The maximum Gasteiger partial charge on any atom is 0.247 e. The molecule has 5 rings (SSSR count). The molecule has 1 aliphatic carbocycles. The molecule has 1 fully saturated rings. The number of aromatic amines is 1. The number of hydrogen-bond donors (Lipinski definition) is 3. The van der Waals surface area contributed by atoms with Crippen molar-refractivity contribution < 1.29 is 0 Å². The average molecular weight is 320 g/mol. The predicted octanol–water partition coefficient (Wildman–Crippen LogP) is 2.32. The fourth-order valence-electron chi connectivity index (χ4n) is 3.82. The average Bonchev–Trinajstić information content (AvgIpc) is 3.13. The Morgan fingerprint density at radius 2 is 2.29 bits per heavy atom. The highest BCUT2D eigenvalue weighted by Crippen LogP contribution is 2.49. The second-order valence-electron chi connectivity index (χ2n) is 5.93. The molecule has 0 bridgehead atoms. The fourth-order valence-corrected chi connectivity index (χ4v) is 5.60.